The van der Waals surface area contributed by atoms with Gasteiger partial charge in [0.15, 0.2) is 5.69 Å². The Labute approximate surface area is 209 Å². The van der Waals surface area contributed by atoms with Crippen molar-refractivity contribution in [3.63, 3.8) is 0 Å². The number of piperidine rings is 1. The van der Waals surface area contributed by atoms with Gasteiger partial charge in [0, 0.05) is 42.9 Å². The molecule has 2 aromatic carbocycles. The first-order valence-corrected chi connectivity index (χ1v) is 12.9. The van der Waals surface area contributed by atoms with E-state index in [-0.39, 0.29) is 35.1 Å². The molecule has 3 aromatic rings. The molecule has 3 fully saturated rings. The molecule has 0 bridgehead atoms. The Balaban J connectivity index is 1.04. The highest BCUT2D eigenvalue weighted by Crippen LogP contribution is 2.44. The fourth-order valence-electron chi connectivity index (χ4n) is 6.02. The molecule has 1 aromatic heterocycles. The normalized spacial score (nSPS) is 21.7. The first kappa shape index (κ1) is 22.8. The van der Waals surface area contributed by atoms with Crippen LogP contribution in [-0.2, 0) is 9.59 Å². The van der Waals surface area contributed by atoms with Gasteiger partial charge < -0.3 is 15.5 Å². The first-order valence-electron chi connectivity index (χ1n) is 12.9. The zero-order valence-electron chi connectivity index (χ0n) is 20.3. The number of fused-ring (bicyclic) bond motifs is 1. The van der Waals surface area contributed by atoms with Crippen molar-refractivity contribution in [1.29, 1.82) is 0 Å². The molecule has 1 aliphatic carbocycles. The molecular weight excluding hydrogens is 454 g/mol. The quantitative estimate of drug-likeness (QED) is 0.527. The molecule has 8 heteroatoms. The van der Waals surface area contributed by atoms with Crippen molar-refractivity contribution in [2.75, 3.05) is 19.6 Å². The number of hydrogen-bond acceptors (Lipinski definition) is 4. The maximum absolute atomic E-state index is 13.2. The number of amides is 3. The molecule has 3 heterocycles. The van der Waals surface area contributed by atoms with Gasteiger partial charge in [-0.3, -0.25) is 19.5 Å². The van der Waals surface area contributed by atoms with E-state index in [4.69, 9.17) is 0 Å². The largest absolute Gasteiger partial charge is 0.355 e. The highest BCUT2D eigenvalue weighted by molar-refractivity contribution is 6.05. The molecule has 36 heavy (non-hydrogen) atoms. The van der Waals surface area contributed by atoms with Crippen LogP contribution in [0.3, 0.4) is 0 Å². The van der Waals surface area contributed by atoms with E-state index in [0.717, 1.165) is 60.8 Å². The second kappa shape index (κ2) is 9.08. The van der Waals surface area contributed by atoms with E-state index in [9.17, 15) is 14.4 Å². The summed E-state index contributed by atoms with van der Waals surface area (Å²) in [4.78, 5) is 39.1. The topological polar surface area (TPSA) is 107 Å². The van der Waals surface area contributed by atoms with Crippen LogP contribution in [0, 0.1) is 11.3 Å². The molecule has 0 radical (unpaired) electrons. The van der Waals surface area contributed by atoms with Crippen LogP contribution in [0.25, 0.3) is 22.0 Å². The minimum Gasteiger partial charge on any atom is -0.355 e. The van der Waals surface area contributed by atoms with Crippen LogP contribution in [0.2, 0.25) is 0 Å². The lowest BCUT2D eigenvalue weighted by Gasteiger charge is -2.53. The van der Waals surface area contributed by atoms with Gasteiger partial charge in [-0.25, -0.2) is 0 Å². The Hall–Kier alpha value is -3.68. The first-order chi connectivity index (χ1) is 17.5. The van der Waals surface area contributed by atoms with E-state index in [0.29, 0.717) is 25.1 Å². The van der Waals surface area contributed by atoms with E-state index in [1.807, 2.05) is 41.3 Å². The van der Waals surface area contributed by atoms with Crippen molar-refractivity contribution in [2.24, 2.45) is 11.3 Å². The molecule has 3 amide bonds. The number of carbonyl (C=O) groups excluding carboxylic acids is 3. The van der Waals surface area contributed by atoms with Crippen LogP contribution in [-0.4, -0.2) is 58.5 Å². The Morgan fingerprint density at radius 1 is 1.00 bits per heavy atom. The predicted molar refractivity (Wildman–Crippen MR) is 136 cm³/mol. The van der Waals surface area contributed by atoms with Crippen molar-refractivity contribution >= 4 is 28.6 Å². The lowest BCUT2D eigenvalue weighted by Crippen LogP contribution is -2.60. The average molecular weight is 486 g/mol. The molecule has 3 N–H and O–H groups in total. The van der Waals surface area contributed by atoms with Gasteiger partial charge in [-0.15, -0.1) is 0 Å². The smallest absolute Gasteiger partial charge is 0.275 e. The summed E-state index contributed by atoms with van der Waals surface area (Å²) in [5.41, 5.74) is 3.72. The standard InChI is InChI=1S/C28H31N5O3/c34-24-9-7-20(15-29-24)26(35)30-21-10-12-28(13-11-21)16-33(17-28)27(36)25-22-8-6-19(14-23(22)31-32-25)18-4-2-1-3-5-18/h1-6,8,14,20-21H,7,9-13,15-17H2,(H,29,34)(H,30,35)(H,31,32). The summed E-state index contributed by atoms with van der Waals surface area (Å²) in [6, 6.07) is 16.4. The third-order valence-corrected chi connectivity index (χ3v) is 8.24. The van der Waals surface area contributed by atoms with Gasteiger partial charge in [0.2, 0.25) is 11.8 Å². The number of carbonyl (C=O) groups is 3. The maximum atomic E-state index is 13.2. The van der Waals surface area contributed by atoms with Gasteiger partial charge >= 0.3 is 0 Å². The van der Waals surface area contributed by atoms with E-state index in [2.05, 4.69) is 33.0 Å². The summed E-state index contributed by atoms with van der Waals surface area (Å²) in [7, 11) is 0. The van der Waals surface area contributed by atoms with Crippen LogP contribution < -0.4 is 10.6 Å². The minimum absolute atomic E-state index is 0.0193. The molecule has 1 spiro atoms. The lowest BCUT2D eigenvalue weighted by molar-refractivity contribution is -0.129. The number of benzene rings is 2. The summed E-state index contributed by atoms with van der Waals surface area (Å²) in [6.07, 6.45) is 4.92. The summed E-state index contributed by atoms with van der Waals surface area (Å²) in [5.74, 6) is -0.0540. The van der Waals surface area contributed by atoms with Crippen LogP contribution in [0.1, 0.15) is 49.0 Å². The maximum Gasteiger partial charge on any atom is 0.275 e. The van der Waals surface area contributed by atoms with Crippen molar-refractivity contribution in [3.8, 4) is 11.1 Å². The van der Waals surface area contributed by atoms with Gasteiger partial charge in [0.25, 0.3) is 5.91 Å². The molecule has 6 rings (SSSR count). The number of aromatic amines is 1. The molecule has 1 atom stereocenters. The second-order valence-electron chi connectivity index (χ2n) is 10.7. The van der Waals surface area contributed by atoms with Crippen molar-refractivity contribution in [1.82, 2.24) is 25.7 Å². The highest BCUT2D eigenvalue weighted by Gasteiger charge is 2.47. The number of rotatable bonds is 4. The summed E-state index contributed by atoms with van der Waals surface area (Å²) < 4.78 is 0. The molecule has 2 saturated heterocycles. The third kappa shape index (κ3) is 4.25. The highest BCUT2D eigenvalue weighted by atomic mass is 16.2. The van der Waals surface area contributed by atoms with E-state index in [1.165, 1.54) is 0 Å². The van der Waals surface area contributed by atoms with Gasteiger partial charge in [-0.05, 0) is 55.4 Å². The average Bonchev–Trinajstić information content (AvgIpc) is 3.32. The fourth-order valence-corrected chi connectivity index (χ4v) is 6.02. The Kier molecular flexibility index (Phi) is 5.74. The van der Waals surface area contributed by atoms with Gasteiger partial charge in [-0.1, -0.05) is 36.4 Å². The number of H-pyrrole nitrogens is 1. The van der Waals surface area contributed by atoms with E-state index >= 15 is 0 Å². The zero-order chi connectivity index (χ0) is 24.7. The fraction of sp³-hybridized carbons (Fsp3) is 0.429. The number of nitrogens with zero attached hydrogens (tertiary/aromatic N) is 2. The molecule has 1 saturated carbocycles. The number of nitrogens with one attached hydrogen (secondary N) is 3. The predicted octanol–water partition coefficient (Wildman–Crippen LogP) is 3.26. The molecule has 1 unspecified atom stereocenters. The Morgan fingerprint density at radius 2 is 1.78 bits per heavy atom. The third-order valence-electron chi connectivity index (χ3n) is 8.24. The minimum atomic E-state index is -0.122. The lowest BCUT2D eigenvalue weighted by atomic mass is 9.67. The summed E-state index contributed by atoms with van der Waals surface area (Å²) in [5, 5.41) is 14.3. The van der Waals surface area contributed by atoms with E-state index < -0.39 is 0 Å². The molecular formula is C28H31N5O3. The van der Waals surface area contributed by atoms with Gasteiger partial charge in [0.05, 0.1) is 11.4 Å². The monoisotopic (exact) mass is 485 g/mol. The van der Waals surface area contributed by atoms with E-state index in [1.54, 1.807) is 0 Å². The van der Waals surface area contributed by atoms with Crippen LogP contribution >= 0.6 is 0 Å². The van der Waals surface area contributed by atoms with Crippen molar-refractivity contribution in [3.05, 3.63) is 54.2 Å². The second-order valence-corrected chi connectivity index (χ2v) is 10.7. The Morgan fingerprint density at radius 3 is 2.50 bits per heavy atom. The SMILES string of the molecule is O=C1CCC(C(=O)NC2CCC3(CC2)CN(C(=O)c2n[nH]c4cc(-c5ccccc5)ccc24)C3)CN1. The van der Waals surface area contributed by atoms with Crippen LogP contribution in [0.15, 0.2) is 48.5 Å². The van der Waals surface area contributed by atoms with Crippen LogP contribution in [0.5, 0.6) is 0 Å². The number of hydrogen-bond donors (Lipinski definition) is 3. The molecule has 8 nitrogen and oxygen atoms in total. The zero-order valence-corrected chi connectivity index (χ0v) is 20.3. The molecule has 2 aliphatic heterocycles. The summed E-state index contributed by atoms with van der Waals surface area (Å²) >= 11 is 0. The number of aromatic nitrogens is 2. The van der Waals surface area contributed by atoms with Crippen molar-refractivity contribution < 1.29 is 14.4 Å². The molecule has 186 valence electrons. The van der Waals surface area contributed by atoms with Gasteiger partial charge in [-0.2, -0.15) is 5.10 Å². The summed E-state index contributed by atoms with van der Waals surface area (Å²) in [6.45, 7) is 1.93. The molecule has 3 aliphatic rings. The van der Waals surface area contributed by atoms with Gasteiger partial charge in [0.1, 0.15) is 0 Å². The number of likely N-dealkylation sites (tertiary alicyclic amines) is 1. The van der Waals surface area contributed by atoms with Crippen molar-refractivity contribution in [2.45, 2.75) is 44.6 Å². The van der Waals surface area contributed by atoms with Crippen LogP contribution in [0.4, 0.5) is 0 Å². The Bertz CT molecular complexity index is 1290.